The Labute approximate surface area is 117 Å². The van der Waals surface area contributed by atoms with Crippen molar-refractivity contribution in [2.75, 3.05) is 6.61 Å². The molecular formula is C17H17FO2. The average Bonchev–Trinajstić information content (AvgIpc) is 2.45. The number of hydrogen-bond donors (Lipinski definition) is 1. The number of rotatable bonds is 2. The maximum absolute atomic E-state index is 13.5. The van der Waals surface area contributed by atoms with Crippen molar-refractivity contribution in [2.24, 2.45) is 0 Å². The van der Waals surface area contributed by atoms with Crippen molar-refractivity contribution < 1.29 is 14.2 Å². The van der Waals surface area contributed by atoms with Crippen molar-refractivity contribution in [3.05, 3.63) is 70.5 Å². The fourth-order valence-corrected chi connectivity index (χ4v) is 2.80. The largest absolute Gasteiger partial charge is 0.385 e. The summed E-state index contributed by atoms with van der Waals surface area (Å²) in [4.78, 5) is 0. The van der Waals surface area contributed by atoms with E-state index in [0.29, 0.717) is 12.2 Å². The molecule has 3 heteroatoms. The summed E-state index contributed by atoms with van der Waals surface area (Å²) in [7, 11) is 0. The van der Waals surface area contributed by atoms with E-state index in [9.17, 15) is 9.50 Å². The molecule has 2 aromatic rings. The second-order valence-corrected chi connectivity index (χ2v) is 5.25. The molecule has 0 bridgehead atoms. The molecule has 0 amide bonds. The molecule has 1 aliphatic rings. The van der Waals surface area contributed by atoms with Gasteiger partial charge < -0.3 is 9.84 Å². The van der Waals surface area contributed by atoms with Gasteiger partial charge >= 0.3 is 0 Å². The predicted molar refractivity (Wildman–Crippen MR) is 74.9 cm³/mol. The molecule has 3 rings (SSSR count). The lowest BCUT2D eigenvalue weighted by atomic mass is 9.91. The summed E-state index contributed by atoms with van der Waals surface area (Å²) in [5.41, 5.74) is 3.54. The minimum absolute atomic E-state index is 0.330. The lowest BCUT2D eigenvalue weighted by molar-refractivity contribution is -0.0484. The van der Waals surface area contributed by atoms with Gasteiger partial charge in [-0.3, -0.25) is 0 Å². The highest BCUT2D eigenvalue weighted by Gasteiger charge is 2.28. The highest BCUT2D eigenvalue weighted by Crippen LogP contribution is 2.37. The Balaban J connectivity index is 1.97. The fourth-order valence-electron chi connectivity index (χ4n) is 2.80. The Hall–Kier alpha value is -1.71. The molecule has 2 aromatic carbocycles. The highest BCUT2D eigenvalue weighted by atomic mass is 19.1. The van der Waals surface area contributed by atoms with Gasteiger partial charge in [-0.1, -0.05) is 30.3 Å². The van der Waals surface area contributed by atoms with E-state index in [1.54, 1.807) is 6.07 Å². The average molecular weight is 272 g/mol. The maximum Gasteiger partial charge on any atom is 0.123 e. The molecule has 0 saturated heterocycles. The first-order valence-electron chi connectivity index (χ1n) is 6.80. The van der Waals surface area contributed by atoms with Crippen molar-refractivity contribution in [1.29, 1.82) is 0 Å². The second kappa shape index (κ2) is 5.35. The summed E-state index contributed by atoms with van der Waals surface area (Å²) in [5, 5.41) is 10.5. The molecule has 0 spiro atoms. The number of aryl methyl sites for hydroxylation is 1. The van der Waals surface area contributed by atoms with Crippen LogP contribution in [-0.2, 0) is 11.2 Å². The van der Waals surface area contributed by atoms with Crippen LogP contribution in [-0.4, -0.2) is 11.7 Å². The molecule has 0 saturated carbocycles. The number of aliphatic hydroxyl groups is 1. The van der Waals surface area contributed by atoms with E-state index in [2.05, 4.69) is 6.07 Å². The molecule has 1 heterocycles. The summed E-state index contributed by atoms with van der Waals surface area (Å²) >= 11 is 0. The van der Waals surface area contributed by atoms with E-state index in [0.717, 1.165) is 17.5 Å². The second-order valence-electron chi connectivity index (χ2n) is 5.25. The van der Waals surface area contributed by atoms with Crippen molar-refractivity contribution in [3.63, 3.8) is 0 Å². The maximum atomic E-state index is 13.5. The van der Waals surface area contributed by atoms with Gasteiger partial charge in [0.1, 0.15) is 18.0 Å². The number of aliphatic hydroxyl groups excluding tert-OH is 1. The summed E-state index contributed by atoms with van der Waals surface area (Å²) in [6, 6.07) is 12.6. The third-order valence-corrected chi connectivity index (χ3v) is 3.72. The topological polar surface area (TPSA) is 29.5 Å². The van der Waals surface area contributed by atoms with Crippen LogP contribution < -0.4 is 0 Å². The van der Waals surface area contributed by atoms with E-state index in [4.69, 9.17) is 4.74 Å². The van der Waals surface area contributed by atoms with Gasteiger partial charge in [0.05, 0.1) is 6.61 Å². The Morgan fingerprint density at radius 2 is 2.05 bits per heavy atom. The standard InChI is InChI=1S/C17H17FO2/c1-11-8-13(10-14(18)9-11)16(19)17-15-5-3-2-4-12(15)6-7-20-17/h2-5,8-10,16-17,19H,6-7H2,1H3. The SMILES string of the molecule is Cc1cc(F)cc(C(O)C2OCCc3ccccc32)c1. The van der Waals surface area contributed by atoms with Gasteiger partial charge in [0.2, 0.25) is 0 Å². The van der Waals surface area contributed by atoms with E-state index >= 15 is 0 Å². The first kappa shape index (κ1) is 13.3. The normalized spacial score (nSPS) is 19.4. The number of benzene rings is 2. The molecule has 104 valence electrons. The Kier molecular flexibility index (Phi) is 3.55. The summed E-state index contributed by atoms with van der Waals surface area (Å²) in [6.45, 7) is 2.39. The quantitative estimate of drug-likeness (QED) is 0.907. The fraction of sp³-hybridized carbons (Fsp3) is 0.294. The smallest absolute Gasteiger partial charge is 0.123 e. The van der Waals surface area contributed by atoms with Crippen LogP contribution in [0.4, 0.5) is 4.39 Å². The molecule has 0 fully saturated rings. The van der Waals surface area contributed by atoms with Crippen LogP contribution in [0.2, 0.25) is 0 Å². The minimum Gasteiger partial charge on any atom is -0.385 e. The summed E-state index contributed by atoms with van der Waals surface area (Å²) in [6.07, 6.45) is -0.436. The molecule has 0 radical (unpaired) electrons. The van der Waals surface area contributed by atoms with Crippen LogP contribution >= 0.6 is 0 Å². The van der Waals surface area contributed by atoms with Crippen molar-refractivity contribution in [2.45, 2.75) is 25.6 Å². The van der Waals surface area contributed by atoms with Crippen LogP contribution in [0.15, 0.2) is 42.5 Å². The third kappa shape index (κ3) is 2.47. The van der Waals surface area contributed by atoms with Gasteiger partial charge in [0.25, 0.3) is 0 Å². The van der Waals surface area contributed by atoms with Crippen molar-refractivity contribution in [3.8, 4) is 0 Å². The molecule has 0 aromatic heterocycles. The predicted octanol–water partition coefficient (Wildman–Crippen LogP) is 3.48. The zero-order chi connectivity index (χ0) is 14.1. The molecule has 2 atom stereocenters. The number of fused-ring (bicyclic) bond motifs is 1. The zero-order valence-electron chi connectivity index (χ0n) is 11.3. The molecular weight excluding hydrogens is 255 g/mol. The number of hydrogen-bond acceptors (Lipinski definition) is 2. The lowest BCUT2D eigenvalue weighted by Gasteiger charge is -2.30. The number of ether oxygens (including phenoxy) is 1. The molecule has 1 N–H and O–H groups in total. The molecule has 2 nitrogen and oxygen atoms in total. The molecule has 1 aliphatic heterocycles. The van der Waals surface area contributed by atoms with E-state index in [1.165, 1.54) is 17.7 Å². The minimum atomic E-state index is -0.856. The molecule has 20 heavy (non-hydrogen) atoms. The Morgan fingerprint density at radius 3 is 2.85 bits per heavy atom. The molecule has 2 unspecified atom stereocenters. The highest BCUT2D eigenvalue weighted by molar-refractivity contribution is 5.34. The van der Waals surface area contributed by atoms with Gasteiger partial charge in [0.15, 0.2) is 0 Å². The summed E-state index contributed by atoms with van der Waals surface area (Å²) in [5.74, 6) is -0.330. The van der Waals surface area contributed by atoms with Crippen LogP contribution in [0.1, 0.15) is 34.5 Å². The number of halogens is 1. The van der Waals surface area contributed by atoms with E-state index in [1.807, 2.05) is 25.1 Å². The lowest BCUT2D eigenvalue weighted by Crippen LogP contribution is -2.22. The molecule has 0 aliphatic carbocycles. The van der Waals surface area contributed by atoms with Gasteiger partial charge in [-0.2, -0.15) is 0 Å². The monoisotopic (exact) mass is 272 g/mol. The van der Waals surface area contributed by atoms with E-state index in [-0.39, 0.29) is 5.82 Å². The van der Waals surface area contributed by atoms with Crippen molar-refractivity contribution in [1.82, 2.24) is 0 Å². The van der Waals surface area contributed by atoms with Crippen LogP contribution in [0.3, 0.4) is 0 Å². The first-order chi connectivity index (χ1) is 9.65. The van der Waals surface area contributed by atoms with Crippen LogP contribution in [0, 0.1) is 12.7 Å². The zero-order valence-corrected chi connectivity index (χ0v) is 11.3. The first-order valence-corrected chi connectivity index (χ1v) is 6.80. The van der Waals surface area contributed by atoms with E-state index < -0.39 is 12.2 Å². The van der Waals surface area contributed by atoms with Gasteiger partial charge in [0, 0.05) is 0 Å². The van der Waals surface area contributed by atoms with Gasteiger partial charge in [-0.25, -0.2) is 4.39 Å². The van der Waals surface area contributed by atoms with Crippen LogP contribution in [0.25, 0.3) is 0 Å². The van der Waals surface area contributed by atoms with Gasteiger partial charge in [-0.15, -0.1) is 0 Å². The Morgan fingerprint density at radius 1 is 1.25 bits per heavy atom. The third-order valence-electron chi connectivity index (χ3n) is 3.72. The van der Waals surface area contributed by atoms with Crippen molar-refractivity contribution >= 4 is 0 Å². The Bertz CT molecular complexity index is 604. The van der Waals surface area contributed by atoms with Crippen LogP contribution in [0.5, 0.6) is 0 Å². The van der Waals surface area contributed by atoms with Gasteiger partial charge in [-0.05, 0) is 47.7 Å². The summed E-state index contributed by atoms with van der Waals surface area (Å²) < 4.78 is 19.2.